The number of rotatable bonds is 3. The van der Waals surface area contributed by atoms with E-state index >= 15 is 0 Å². The molecule has 1 aliphatic carbocycles. The average Bonchev–Trinajstić information content (AvgIpc) is 2.05. The highest BCUT2D eigenvalue weighted by Gasteiger charge is 2.31. The van der Waals surface area contributed by atoms with Gasteiger partial charge in [-0.25, -0.2) is 0 Å². The van der Waals surface area contributed by atoms with Gasteiger partial charge < -0.3 is 5.32 Å². The molecule has 1 rings (SSSR count). The van der Waals surface area contributed by atoms with Crippen LogP contribution in [0.4, 0.5) is 0 Å². The molecule has 1 amide bonds. The number of carbonyl (C=O) groups excluding carboxylic acids is 1. The van der Waals surface area contributed by atoms with E-state index in [9.17, 15) is 4.79 Å². The highest BCUT2D eigenvalue weighted by molar-refractivity contribution is 5.47. The first-order chi connectivity index (χ1) is 6.07. The van der Waals surface area contributed by atoms with Crippen LogP contribution in [0.3, 0.4) is 0 Å². The summed E-state index contributed by atoms with van der Waals surface area (Å²) in [7, 11) is 0. The lowest BCUT2D eigenvalue weighted by atomic mass is 9.74. The maximum absolute atomic E-state index is 10.4. The van der Waals surface area contributed by atoms with Gasteiger partial charge in [0.25, 0.3) is 0 Å². The molecular formula is C11H21NO. The molecule has 0 aromatic heterocycles. The standard InChI is InChI=1S/C11H21NO/c1-9(2)10-4-6-11(3,7-5-10)12-8-13/h8-10H,4-7H2,1-3H3,(H,12,13). The Hall–Kier alpha value is -0.530. The molecular weight excluding hydrogens is 162 g/mol. The predicted molar refractivity (Wildman–Crippen MR) is 54.4 cm³/mol. The van der Waals surface area contributed by atoms with Crippen LogP contribution in [-0.2, 0) is 4.79 Å². The predicted octanol–water partition coefficient (Wildman–Crippen LogP) is 2.34. The summed E-state index contributed by atoms with van der Waals surface area (Å²) in [5.74, 6) is 1.65. The Bertz CT molecular complexity index is 169. The first-order valence-electron chi connectivity index (χ1n) is 5.29. The molecule has 0 aromatic rings. The number of hydrogen-bond donors (Lipinski definition) is 1. The maximum atomic E-state index is 10.4. The third-order valence-corrected chi connectivity index (χ3v) is 3.48. The van der Waals surface area contributed by atoms with E-state index in [4.69, 9.17) is 0 Å². The van der Waals surface area contributed by atoms with Crippen LogP contribution in [0.5, 0.6) is 0 Å². The zero-order chi connectivity index (χ0) is 9.90. The lowest BCUT2D eigenvalue weighted by Crippen LogP contribution is -2.44. The van der Waals surface area contributed by atoms with E-state index in [1.807, 2.05) is 0 Å². The van der Waals surface area contributed by atoms with Crippen molar-refractivity contribution < 1.29 is 4.79 Å². The molecule has 0 bridgehead atoms. The van der Waals surface area contributed by atoms with Crippen molar-refractivity contribution in [3.05, 3.63) is 0 Å². The second-order valence-electron chi connectivity index (χ2n) is 4.90. The third kappa shape index (κ3) is 2.71. The van der Waals surface area contributed by atoms with Crippen LogP contribution in [0.2, 0.25) is 0 Å². The molecule has 76 valence electrons. The van der Waals surface area contributed by atoms with Crippen molar-refractivity contribution in [3.63, 3.8) is 0 Å². The second-order valence-corrected chi connectivity index (χ2v) is 4.90. The molecule has 0 radical (unpaired) electrons. The Morgan fingerprint density at radius 3 is 2.31 bits per heavy atom. The van der Waals surface area contributed by atoms with Gasteiger partial charge in [0, 0.05) is 5.54 Å². The van der Waals surface area contributed by atoms with Crippen LogP contribution in [0.25, 0.3) is 0 Å². The van der Waals surface area contributed by atoms with Crippen LogP contribution < -0.4 is 5.32 Å². The fourth-order valence-electron chi connectivity index (χ4n) is 2.23. The Kier molecular flexibility index (Phi) is 3.34. The summed E-state index contributed by atoms with van der Waals surface area (Å²) in [4.78, 5) is 10.4. The van der Waals surface area contributed by atoms with Crippen molar-refractivity contribution in [2.45, 2.75) is 52.0 Å². The summed E-state index contributed by atoms with van der Waals surface area (Å²) < 4.78 is 0. The Labute approximate surface area is 81.1 Å². The molecule has 2 nitrogen and oxygen atoms in total. The Balaban J connectivity index is 2.41. The van der Waals surface area contributed by atoms with Crippen LogP contribution in [-0.4, -0.2) is 11.9 Å². The average molecular weight is 183 g/mol. The number of nitrogens with one attached hydrogen (secondary N) is 1. The zero-order valence-electron chi connectivity index (χ0n) is 8.97. The van der Waals surface area contributed by atoms with Gasteiger partial charge in [0.05, 0.1) is 0 Å². The van der Waals surface area contributed by atoms with Gasteiger partial charge in [0.1, 0.15) is 0 Å². The molecule has 1 fully saturated rings. The molecule has 0 unspecified atom stereocenters. The fraction of sp³-hybridized carbons (Fsp3) is 0.909. The highest BCUT2D eigenvalue weighted by atomic mass is 16.1. The summed E-state index contributed by atoms with van der Waals surface area (Å²) in [5, 5.41) is 2.94. The molecule has 0 heterocycles. The summed E-state index contributed by atoms with van der Waals surface area (Å²) in [5.41, 5.74) is 0.0765. The first-order valence-corrected chi connectivity index (χ1v) is 5.29. The van der Waals surface area contributed by atoms with Crippen LogP contribution in [0, 0.1) is 11.8 Å². The highest BCUT2D eigenvalue weighted by Crippen LogP contribution is 2.35. The van der Waals surface area contributed by atoms with E-state index < -0.39 is 0 Å². The summed E-state index contributed by atoms with van der Waals surface area (Å²) in [6, 6.07) is 0. The summed E-state index contributed by atoms with van der Waals surface area (Å²) in [6.45, 7) is 6.74. The SMILES string of the molecule is CC(C)C1CCC(C)(NC=O)CC1. The molecule has 0 atom stereocenters. The van der Waals surface area contributed by atoms with E-state index in [0.717, 1.165) is 31.1 Å². The molecule has 0 saturated heterocycles. The van der Waals surface area contributed by atoms with Gasteiger partial charge in [-0.15, -0.1) is 0 Å². The van der Waals surface area contributed by atoms with Crippen molar-refractivity contribution in [2.75, 3.05) is 0 Å². The lowest BCUT2D eigenvalue weighted by Gasteiger charge is -2.38. The molecule has 1 saturated carbocycles. The van der Waals surface area contributed by atoms with Crippen molar-refractivity contribution in [2.24, 2.45) is 11.8 Å². The van der Waals surface area contributed by atoms with Gasteiger partial charge >= 0.3 is 0 Å². The van der Waals surface area contributed by atoms with E-state index in [1.54, 1.807) is 0 Å². The van der Waals surface area contributed by atoms with Crippen molar-refractivity contribution in [1.29, 1.82) is 0 Å². The van der Waals surface area contributed by atoms with Crippen LogP contribution in [0.15, 0.2) is 0 Å². The van der Waals surface area contributed by atoms with Crippen molar-refractivity contribution in [1.82, 2.24) is 5.32 Å². The molecule has 0 aromatic carbocycles. The monoisotopic (exact) mass is 183 g/mol. The van der Waals surface area contributed by atoms with Gasteiger partial charge in [0.2, 0.25) is 6.41 Å². The zero-order valence-corrected chi connectivity index (χ0v) is 8.97. The molecule has 1 aliphatic rings. The van der Waals surface area contributed by atoms with Gasteiger partial charge in [0.15, 0.2) is 0 Å². The number of amides is 1. The van der Waals surface area contributed by atoms with E-state index in [1.165, 1.54) is 12.8 Å². The van der Waals surface area contributed by atoms with E-state index in [-0.39, 0.29) is 5.54 Å². The van der Waals surface area contributed by atoms with Gasteiger partial charge in [-0.3, -0.25) is 4.79 Å². The molecule has 0 aliphatic heterocycles. The normalized spacial score (nSPS) is 34.6. The van der Waals surface area contributed by atoms with Crippen molar-refractivity contribution in [3.8, 4) is 0 Å². The summed E-state index contributed by atoms with van der Waals surface area (Å²) in [6.07, 6.45) is 5.63. The van der Waals surface area contributed by atoms with Gasteiger partial charge in [-0.1, -0.05) is 13.8 Å². The smallest absolute Gasteiger partial charge is 0.207 e. The second kappa shape index (κ2) is 4.12. The molecule has 0 spiro atoms. The quantitative estimate of drug-likeness (QED) is 0.668. The van der Waals surface area contributed by atoms with Gasteiger partial charge in [-0.2, -0.15) is 0 Å². The van der Waals surface area contributed by atoms with Crippen molar-refractivity contribution >= 4 is 6.41 Å². The lowest BCUT2D eigenvalue weighted by molar-refractivity contribution is -0.111. The molecule has 1 N–H and O–H groups in total. The molecule has 2 heteroatoms. The number of carbonyl (C=O) groups is 1. The minimum Gasteiger partial charge on any atom is -0.354 e. The fourth-order valence-corrected chi connectivity index (χ4v) is 2.23. The van der Waals surface area contributed by atoms with Crippen LogP contribution in [0.1, 0.15) is 46.5 Å². The molecule has 13 heavy (non-hydrogen) atoms. The largest absolute Gasteiger partial charge is 0.354 e. The Morgan fingerprint density at radius 2 is 1.92 bits per heavy atom. The van der Waals surface area contributed by atoms with E-state index in [0.29, 0.717) is 0 Å². The Morgan fingerprint density at radius 1 is 1.38 bits per heavy atom. The van der Waals surface area contributed by atoms with Gasteiger partial charge in [-0.05, 0) is 44.4 Å². The third-order valence-electron chi connectivity index (χ3n) is 3.48. The summed E-state index contributed by atoms with van der Waals surface area (Å²) >= 11 is 0. The van der Waals surface area contributed by atoms with E-state index in [2.05, 4.69) is 26.1 Å². The maximum Gasteiger partial charge on any atom is 0.207 e. The topological polar surface area (TPSA) is 29.1 Å². The minimum absolute atomic E-state index is 0.0765. The van der Waals surface area contributed by atoms with Crippen LogP contribution >= 0.6 is 0 Å². The number of hydrogen-bond acceptors (Lipinski definition) is 1. The first kappa shape index (κ1) is 10.6. The minimum atomic E-state index is 0.0765.